The highest BCUT2D eigenvalue weighted by atomic mass is 32.2. The summed E-state index contributed by atoms with van der Waals surface area (Å²) in [7, 11) is -2.04. The molecule has 1 aromatic carbocycles. The van der Waals surface area contributed by atoms with Gasteiger partial charge >= 0.3 is 0 Å². The van der Waals surface area contributed by atoms with E-state index in [9.17, 15) is 17.2 Å². The fraction of sp³-hybridized carbons (Fsp3) is 0.350. The number of fused-ring (bicyclic) bond motifs is 1. The fourth-order valence-corrected chi connectivity index (χ4v) is 5.23. The highest BCUT2D eigenvalue weighted by molar-refractivity contribution is 7.88. The molecule has 0 saturated heterocycles. The zero-order valence-corrected chi connectivity index (χ0v) is 16.8. The van der Waals surface area contributed by atoms with E-state index in [1.807, 2.05) is 7.05 Å². The summed E-state index contributed by atoms with van der Waals surface area (Å²) in [5.41, 5.74) is 2.98. The number of hydrogen-bond donors (Lipinski definition) is 0. The van der Waals surface area contributed by atoms with E-state index in [1.165, 1.54) is 10.6 Å². The molecule has 1 aliphatic rings. The predicted octanol–water partition coefficient (Wildman–Crippen LogP) is 3.31. The Balaban J connectivity index is 1.65. The second-order valence-corrected chi connectivity index (χ2v) is 9.20. The Morgan fingerprint density at radius 1 is 1.17 bits per heavy atom. The van der Waals surface area contributed by atoms with E-state index in [0.717, 1.165) is 42.7 Å². The van der Waals surface area contributed by atoms with Gasteiger partial charge in [-0.25, -0.2) is 17.2 Å². The topological polar surface area (TPSA) is 68.3 Å². The predicted molar refractivity (Wildman–Crippen MR) is 102 cm³/mol. The number of furan rings is 1. The van der Waals surface area contributed by atoms with Crippen molar-refractivity contribution in [1.29, 1.82) is 0 Å². The Morgan fingerprint density at radius 2 is 1.93 bits per heavy atom. The summed E-state index contributed by atoms with van der Waals surface area (Å²) >= 11 is 0. The van der Waals surface area contributed by atoms with Crippen molar-refractivity contribution in [2.45, 2.75) is 38.1 Å². The van der Waals surface area contributed by atoms with E-state index in [0.29, 0.717) is 17.5 Å². The molecule has 0 N–H and O–H groups in total. The van der Waals surface area contributed by atoms with E-state index in [2.05, 4.69) is 5.10 Å². The molecule has 0 saturated carbocycles. The largest absolute Gasteiger partial charge is 0.468 e. The summed E-state index contributed by atoms with van der Waals surface area (Å²) in [6, 6.07) is 6.15. The van der Waals surface area contributed by atoms with E-state index >= 15 is 0 Å². The minimum Gasteiger partial charge on any atom is -0.468 e. The maximum absolute atomic E-state index is 13.5. The first-order chi connectivity index (χ1) is 13.8. The first kappa shape index (κ1) is 19.8. The monoisotopic (exact) mass is 421 g/mol. The van der Waals surface area contributed by atoms with Crippen molar-refractivity contribution in [1.82, 2.24) is 14.1 Å². The van der Waals surface area contributed by atoms with Crippen LogP contribution in [0.1, 0.15) is 34.7 Å². The van der Waals surface area contributed by atoms with Gasteiger partial charge in [0.25, 0.3) is 0 Å². The molecule has 154 valence electrons. The van der Waals surface area contributed by atoms with Crippen molar-refractivity contribution in [3.63, 3.8) is 0 Å². The number of halogens is 2. The van der Waals surface area contributed by atoms with Gasteiger partial charge in [-0.1, -0.05) is 0 Å². The van der Waals surface area contributed by atoms with Gasteiger partial charge in [-0.3, -0.25) is 4.68 Å². The summed E-state index contributed by atoms with van der Waals surface area (Å²) in [5.74, 6) is -1.66. The molecule has 0 atom stereocenters. The molecule has 2 heterocycles. The fourth-order valence-electron chi connectivity index (χ4n) is 3.82. The van der Waals surface area contributed by atoms with E-state index < -0.39 is 27.4 Å². The van der Waals surface area contributed by atoms with Gasteiger partial charge in [0.2, 0.25) is 10.0 Å². The molecule has 0 bridgehead atoms. The van der Waals surface area contributed by atoms with E-state index in [4.69, 9.17) is 4.42 Å². The second kappa shape index (κ2) is 7.72. The number of hydrogen-bond acceptors (Lipinski definition) is 4. The summed E-state index contributed by atoms with van der Waals surface area (Å²) in [4.78, 5) is 0. The molecule has 6 nitrogen and oxygen atoms in total. The van der Waals surface area contributed by atoms with Crippen LogP contribution in [0.25, 0.3) is 0 Å². The number of rotatable bonds is 7. The Kier molecular flexibility index (Phi) is 5.26. The minimum atomic E-state index is -3.90. The highest BCUT2D eigenvalue weighted by Crippen LogP contribution is 2.27. The number of benzene rings is 1. The van der Waals surface area contributed by atoms with Crippen molar-refractivity contribution in [2.24, 2.45) is 7.05 Å². The Morgan fingerprint density at radius 3 is 2.62 bits per heavy atom. The van der Waals surface area contributed by atoms with Crippen molar-refractivity contribution in [2.75, 3.05) is 0 Å². The van der Waals surface area contributed by atoms with Gasteiger partial charge in [0.1, 0.15) is 17.4 Å². The molecule has 0 aliphatic heterocycles. The first-order valence-corrected chi connectivity index (χ1v) is 10.9. The number of aryl methyl sites for hydroxylation is 1. The lowest BCUT2D eigenvalue weighted by molar-refractivity contribution is 0.353. The summed E-state index contributed by atoms with van der Waals surface area (Å²) in [6.45, 7) is 0.0858. The van der Waals surface area contributed by atoms with Crippen LogP contribution in [0.15, 0.2) is 41.0 Å². The molecule has 0 amide bonds. The van der Waals surface area contributed by atoms with Crippen molar-refractivity contribution in [3.05, 3.63) is 76.5 Å². The molecule has 3 aromatic rings. The molecule has 4 rings (SSSR count). The molecule has 0 fully saturated rings. The standard InChI is InChI=1S/C20H21F2N3O3S/c1-24-20-6-2-5-18(20)19(23-24)12-25(11-17-4-3-7-28-17)29(26,27)13-14-8-15(21)10-16(22)9-14/h3-4,7-10H,2,5-6,11-13H2,1H3. The lowest BCUT2D eigenvalue weighted by Gasteiger charge is -2.21. The zero-order chi connectivity index (χ0) is 20.6. The molecule has 9 heteroatoms. The highest BCUT2D eigenvalue weighted by Gasteiger charge is 2.29. The molecule has 0 radical (unpaired) electrons. The van der Waals surface area contributed by atoms with Gasteiger partial charge in [-0.05, 0) is 54.7 Å². The van der Waals surface area contributed by atoms with Crippen LogP contribution in [0.3, 0.4) is 0 Å². The third kappa shape index (κ3) is 4.25. The lowest BCUT2D eigenvalue weighted by atomic mass is 10.2. The van der Waals surface area contributed by atoms with Crippen LogP contribution in [0, 0.1) is 11.6 Å². The number of nitrogens with zero attached hydrogens (tertiary/aromatic N) is 3. The minimum absolute atomic E-state index is 0.0124. The van der Waals surface area contributed by atoms with Crippen LogP contribution in [0.5, 0.6) is 0 Å². The van der Waals surface area contributed by atoms with Gasteiger partial charge in [-0.2, -0.15) is 9.40 Å². The van der Waals surface area contributed by atoms with Gasteiger partial charge in [0.15, 0.2) is 0 Å². The third-order valence-electron chi connectivity index (χ3n) is 5.10. The number of sulfonamides is 1. The van der Waals surface area contributed by atoms with Gasteiger partial charge in [0, 0.05) is 18.8 Å². The molecule has 29 heavy (non-hydrogen) atoms. The second-order valence-electron chi connectivity index (χ2n) is 7.23. The number of aromatic nitrogens is 2. The Labute approximate surface area is 167 Å². The van der Waals surface area contributed by atoms with Crippen LogP contribution in [0.4, 0.5) is 8.78 Å². The SMILES string of the molecule is Cn1nc(CN(Cc2ccco2)S(=O)(=O)Cc2cc(F)cc(F)c2)c2c1CCC2. The van der Waals surface area contributed by atoms with Crippen molar-refractivity contribution >= 4 is 10.0 Å². The molecular weight excluding hydrogens is 400 g/mol. The average molecular weight is 421 g/mol. The van der Waals surface area contributed by atoms with E-state index in [-0.39, 0.29) is 18.7 Å². The third-order valence-corrected chi connectivity index (χ3v) is 6.84. The van der Waals surface area contributed by atoms with Crippen LogP contribution < -0.4 is 0 Å². The van der Waals surface area contributed by atoms with Crippen LogP contribution in [-0.4, -0.2) is 22.5 Å². The lowest BCUT2D eigenvalue weighted by Crippen LogP contribution is -2.31. The van der Waals surface area contributed by atoms with Crippen molar-refractivity contribution < 1.29 is 21.6 Å². The molecule has 2 aromatic heterocycles. The summed E-state index contributed by atoms with van der Waals surface area (Å²) in [6.07, 6.45) is 4.27. The van der Waals surface area contributed by atoms with Crippen molar-refractivity contribution in [3.8, 4) is 0 Å². The zero-order valence-electron chi connectivity index (χ0n) is 15.9. The van der Waals surface area contributed by atoms with Crippen LogP contribution in [0.2, 0.25) is 0 Å². The Hall–Kier alpha value is -2.52. The van der Waals surface area contributed by atoms with Gasteiger partial charge in [0.05, 0.1) is 30.8 Å². The smallest absolute Gasteiger partial charge is 0.219 e. The average Bonchev–Trinajstić information content (AvgIpc) is 3.34. The van der Waals surface area contributed by atoms with Gasteiger partial charge in [-0.15, -0.1) is 0 Å². The quantitative estimate of drug-likeness (QED) is 0.587. The van der Waals surface area contributed by atoms with Gasteiger partial charge < -0.3 is 4.42 Å². The Bertz CT molecular complexity index is 1100. The maximum Gasteiger partial charge on any atom is 0.219 e. The van der Waals surface area contributed by atoms with Crippen LogP contribution >= 0.6 is 0 Å². The molecule has 1 aliphatic carbocycles. The summed E-state index contributed by atoms with van der Waals surface area (Å²) in [5, 5.41) is 4.51. The molecular formula is C20H21F2N3O3S. The normalized spacial score (nSPS) is 13.9. The first-order valence-electron chi connectivity index (χ1n) is 9.30. The van der Waals surface area contributed by atoms with Crippen LogP contribution in [-0.2, 0) is 48.8 Å². The van der Waals surface area contributed by atoms with E-state index in [1.54, 1.807) is 16.8 Å². The molecule has 0 unspecified atom stereocenters. The maximum atomic E-state index is 13.5. The summed E-state index contributed by atoms with van der Waals surface area (Å²) < 4.78 is 61.8. The molecule has 0 spiro atoms.